The number of nitrogens with zero attached hydrogens (tertiary/aromatic N) is 1. The molecule has 1 heterocycles. The third-order valence-corrected chi connectivity index (χ3v) is 6.06. The fraction of sp³-hybridized carbons (Fsp3) is 0.333. The van der Waals surface area contributed by atoms with E-state index < -0.39 is 35.1 Å². The molecule has 2 aromatic rings. The van der Waals surface area contributed by atoms with Crippen LogP contribution in [0, 0.1) is 11.6 Å². The summed E-state index contributed by atoms with van der Waals surface area (Å²) in [7, 11) is 1.35. The van der Waals surface area contributed by atoms with E-state index in [-0.39, 0.29) is 28.5 Å². The minimum absolute atomic E-state index is 0.0644. The smallest absolute Gasteiger partial charge is 0.295 e. The zero-order valence-electron chi connectivity index (χ0n) is 17.1. The maximum atomic E-state index is 14.8. The fourth-order valence-electron chi connectivity index (χ4n) is 4.60. The molecule has 2 aliphatic rings. The van der Waals surface area contributed by atoms with Gasteiger partial charge in [0.05, 0.1) is 24.3 Å². The number of hydrogen-bond donors (Lipinski definition) is 1. The first-order valence-corrected chi connectivity index (χ1v) is 10.3. The second kappa shape index (κ2) is 8.49. The highest BCUT2D eigenvalue weighted by molar-refractivity contribution is 6.46. The number of aliphatic hydroxyl groups is 1. The number of methoxy groups -OCH3 is 1. The molecule has 1 saturated heterocycles. The quantitative estimate of drug-likeness (QED) is 0.435. The second-order valence-corrected chi connectivity index (χ2v) is 7.86. The van der Waals surface area contributed by atoms with E-state index in [1.807, 2.05) is 0 Å². The van der Waals surface area contributed by atoms with Crippen molar-refractivity contribution in [2.45, 2.75) is 44.2 Å². The third-order valence-electron chi connectivity index (χ3n) is 6.06. The number of ketones is 1. The third kappa shape index (κ3) is 3.69. The molecule has 1 amide bonds. The summed E-state index contributed by atoms with van der Waals surface area (Å²) in [4.78, 5) is 27.6. The van der Waals surface area contributed by atoms with Crippen molar-refractivity contribution < 1.29 is 28.2 Å². The van der Waals surface area contributed by atoms with Gasteiger partial charge in [0.25, 0.3) is 11.7 Å². The minimum Gasteiger partial charge on any atom is -0.507 e. The molecule has 2 fully saturated rings. The van der Waals surface area contributed by atoms with Crippen LogP contribution < -0.4 is 4.74 Å². The summed E-state index contributed by atoms with van der Waals surface area (Å²) < 4.78 is 34.0. The molecule has 1 aliphatic carbocycles. The number of benzene rings is 2. The van der Waals surface area contributed by atoms with Crippen molar-refractivity contribution in [2.24, 2.45) is 0 Å². The lowest BCUT2D eigenvalue weighted by Crippen LogP contribution is -2.40. The monoisotopic (exact) mass is 427 g/mol. The second-order valence-electron chi connectivity index (χ2n) is 7.86. The van der Waals surface area contributed by atoms with Crippen LogP contribution in [0.5, 0.6) is 5.75 Å². The maximum Gasteiger partial charge on any atom is 0.295 e. The molecule has 1 aliphatic heterocycles. The van der Waals surface area contributed by atoms with Gasteiger partial charge in [0.2, 0.25) is 0 Å². The number of likely N-dealkylation sites (tertiary alicyclic amines) is 1. The molecule has 0 bridgehead atoms. The van der Waals surface area contributed by atoms with Gasteiger partial charge in [0, 0.05) is 11.6 Å². The Kier molecular flexibility index (Phi) is 5.76. The van der Waals surface area contributed by atoms with Crippen LogP contribution in [-0.4, -0.2) is 34.8 Å². The summed E-state index contributed by atoms with van der Waals surface area (Å²) in [5, 5.41) is 11.1. The van der Waals surface area contributed by atoms with Gasteiger partial charge < -0.3 is 14.7 Å². The van der Waals surface area contributed by atoms with Crippen LogP contribution in [0.3, 0.4) is 0 Å². The van der Waals surface area contributed by atoms with Gasteiger partial charge in [-0.3, -0.25) is 9.59 Å². The number of carbonyl (C=O) groups excluding carboxylic acids is 2. The standard InChI is InChI=1S/C24H23F2NO4/c1-31-19-12-11-14(25)13-17(19)22(28)20-21(16-9-5-6-10-18(16)26)27(24(30)23(20)29)15-7-3-2-4-8-15/h5-6,9-13,15,21,28H,2-4,7-8H2,1H3/b22-20+. The number of ether oxygens (including phenoxy) is 1. The van der Waals surface area contributed by atoms with E-state index >= 15 is 0 Å². The summed E-state index contributed by atoms with van der Waals surface area (Å²) in [6.45, 7) is 0. The topological polar surface area (TPSA) is 66.8 Å². The fourth-order valence-corrected chi connectivity index (χ4v) is 4.60. The molecule has 31 heavy (non-hydrogen) atoms. The average molecular weight is 427 g/mol. The normalized spacial score (nSPS) is 21.5. The van der Waals surface area contributed by atoms with Crippen molar-refractivity contribution in [3.05, 3.63) is 70.8 Å². The van der Waals surface area contributed by atoms with Crippen molar-refractivity contribution in [1.82, 2.24) is 4.90 Å². The Labute approximate surface area is 178 Å². The predicted molar refractivity (Wildman–Crippen MR) is 110 cm³/mol. The molecule has 4 rings (SSSR count). The first-order chi connectivity index (χ1) is 14.9. The van der Waals surface area contributed by atoms with E-state index in [2.05, 4.69) is 0 Å². The van der Waals surface area contributed by atoms with Crippen LogP contribution in [0.15, 0.2) is 48.0 Å². The molecule has 1 saturated carbocycles. The molecule has 0 radical (unpaired) electrons. The number of halogens is 2. The van der Waals surface area contributed by atoms with Crippen molar-refractivity contribution in [2.75, 3.05) is 7.11 Å². The van der Waals surface area contributed by atoms with Crippen LogP contribution in [0.25, 0.3) is 5.76 Å². The Morgan fingerprint density at radius 2 is 1.77 bits per heavy atom. The molecule has 0 aromatic heterocycles. The predicted octanol–water partition coefficient (Wildman–Crippen LogP) is 4.73. The van der Waals surface area contributed by atoms with Crippen molar-refractivity contribution >= 4 is 17.4 Å². The van der Waals surface area contributed by atoms with Gasteiger partial charge >= 0.3 is 0 Å². The lowest BCUT2D eigenvalue weighted by molar-refractivity contribution is -0.141. The Bertz CT molecular complexity index is 1060. The highest BCUT2D eigenvalue weighted by atomic mass is 19.1. The Morgan fingerprint density at radius 1 is 1.06 bits per heavy atom. The van der Waals surface area contributed by atoms with E-state index in [0.717, 1.165) is 31.4 Å². The van der Waals surface area contributed by atoms with Gasteiger partial charge in [-0.2, -0.15) is 0 Å². The van der Waals surface area contributed by atoms with E-state index in [4.69, 9.17) is 4.74 Å². The molecule has 1 unspecified atom stereocenters. The van der Waals surface area contributed by atoms with Crippen molar-refractivity contribution in [1.29, 1.82) is 0 Å². The maximum absolute atomic E-state index is 14.8. The van der Waals surface area contributed by atoms with Gasteiger partial charge in [-0.1, -0.05) is 37.5 Å². The van der Waals surface area contributed by atoms with Crippen LogP contribution >= 0.6 is 0 Å². The zero-order valence-corrected chi connectivity index (χ0v) is 17.1. The molecular weight excluding hydrogens is 404 g/mol. The molecule has 162 valence electrons. The molecule has 1 atom stereocenters. The van der Waals surface area contributed by atoms with Gasteiger partial charge in [-0.05, 0) is 37.1 Å². The summed E-state index contributed by atoms with van der Waals surface area (Å²) in [5.74, 6) is -3.38. The Balaban J connectivity index is 1.94. The van der Waals surface area contributed by atoms with Gasteiger partial charge in [-0.25, -0.2) is 8.78 Å². The first-order valence-electron chi connectivity index (χ1n) is 10.3. The summed E-state index contributed by atoms with van der Waals surface area (Å²) in [6.07, 6.45) is 4.22. The van der Waals surface area contributed by atoms with E-state index in [1.54, 1.807) is 6.07 Å². The Morgan fingerprint density at radius 3 is 2.45 bits per heavy atom. The van der Waals surface area contributed by atoms with E-state index in [9.17, 15) is 23.5 Å². The highest BCUT2D eigenvalue weighted by Gasteiger charge is 2.49. The first kappa shape index (κ1) is 21.0. The molecule has 5 nitrogen and oxygen atoms in total. The number of hydrogen-bond acceptors (Lipinski definition) is 4. The van der Waals surface area contributed by atoms with Crippen LogP contribution in [0.4, 0.5) is 8.78 Å². The van der Waals surface area contributed by atoms with Gasteiger partial charge in [0.15, 0.2) is 0 Å². The van der Waals surface area contributed by atoms with Gasteiger partial charge in [0.1, 0.15) is 23.1 Å². The lowest BCUT2D eigenvalue weighted by Gasteiger charge is -2.35. The van der Waals surface area contributed by atoms with E-state index in [1.165, 1.54) is 36.3 Å². The zero-order chi connectivity index (χ0) is 22.1. The van der Waals surface area contributed by atoms with Gasteiger partial charge in [-0.15, -0.1) is 0 Å². The summed E-state index contributed by atoms with van der Waals surface area (Å²) in [5.41, 5.74) is -0.209. The SMILES string of the molecule is COc1ccc(F)cc1/C(O)=C1\C(=O)C(=O)N(C2CCCCC2)C1c1ccccc1F. The molecule has 0 spiro atoms. The number of rotatable bonds is 4. The molecular formula is C24H23F2NO4. The molecule has 7 heteroatoms. The lowest BCUT2D eigenvalue weighted by atomic mass is 9.90. The molecule has 1 N–H and O–H groups in total. The summed E-state index contributed by atoms with van der Waals surface area (Å²) >= 11 is 0. The number of amides is 1. The van der Waals surface area contributed by atoms with E-state index in [0.29, 0.717) is 12.8 Å². The average Bonchev–Trinajstić information content (AvgIpc) is 3.04. The largest absolute Gasteiger partial charge is 0.507 e. The Hall–Kier alpha value is -3.22. The summed E-state index contributed by atoms with van der Waals surface area (Å²) in [6, 6.07) is 8.04. The van der Waals surface area contributed by atoms with Crippen molar-refractivity contribution in [3.63, 3.8) is 0 Å². The highest BCUT2D eigenvalue weighted by Crippen LogP contribution is 2.44. The number of Topliss-reactive ketones (excluding diaryl/α,β-unsaturated/α-hetero) is 1. The van der Waals surface area contributed by atoms with Crippen molar-refractivity contribution in [3.8, 4) is 5.75 Å². The minimum atomic E-state index is -1.10. The van der Waals surface area contributed by atoms with Crippen LogP contribution in [-0.2, 0) is 9.59 Å². The van der Waals surface area contributed by atoms with Crippen LogP contribution in [0.1, 0.15) is 49.3 Å². The number of aliphatic hydroxyl groups excluding tert-OH is 1. The number of carbonyl (C=O) groups is 2. The van der Waals surface area contributed by atoms with Crippen LogP contribution in [0.2, 0.25) is 0 Å². The molecule has 2 aromatic carbocycles.